The minimum Gasteiger partial charge on any atom is -0.393 e. The van der Waals surface area contributed by atoms with E-state index in [0.29, 0.717) is 5.92 Å². The molecule has 0 amide bonds. The van der Waals surface area contributed by atoms with Crippen molar-refractivity contribution in [2.45, 2.75) is 50.7 Å². The molecule has 2 N–H and O–H groups in total. The smallest absolute Gasteiger partial charge is 0.0673 e. The number of benzene rings is 3. The van der Waals surface area contributed by atoms with Crippen molar-refractivity contribution in [3.8, 4) is 11.3 Å². The maximum Gasteiger partial charge on any atom is 0.0673 e. The van der Waals surface area contributed by atoms with Crippen molar-refractivity contribution in [1.29, 1.82) is 0 Å². The molecule has 1 radical (unpaired) electrons. The van der Waals surface area contributed by atoms with Crippen LogP contribution in [-0.2, 0) is 20.1 Å². The number of hydrogen-bond acceptors (Lipinski definition) is 3. The number of aliphatic hydroxyl groups excluding tert-OH is 2. The van der Waals surface area contributed by atoms with Gasteiger partial charge >= 0.3 is 0 Å². The fourth-order valence-electron chi connectivity index (χ4n) is 5.50. The minimum atomic E-state index is -0.227. The summed E-state index contributed by atoms with van der Waals surface area (Å²) < 4.78 is 0. The molecule has 3 aromatic carbocycles. The van der Waals surface area contributed by atoms with Crippen LogP contribution in [0.25, 0.3) is 32.9 Å². The molecule has 0 bridgehead atoms. The van der Waals surface area contributed by atoms with Crippen molar-refractivity contribution in [2.75, 3.05) is 0 Å². The van der Waals surface area contributed by atoms with Gasteiger partial charge < -0.3 is 10.2 Å². The van der Waals surface area contributed by atoms with E-state index in [1.807, 2.05) is 24.3 Å². The van der Waals surface area contributed by atoms with Gasteiger partial charge in [0, 0.05) is 31.4 Å². The fraction of sp³-hybridized carbons (Fsp3) is 0.345. The molecule has 4 unspecified atom stereocenters. The first-order valence-electron chi connectivity index (χ1n) is 11.8. The molecular weight excluding hydrogens is 587 g/mol. The van der Waals surface area contributed by atoms with Crippen LogP contribution in [0.1, 0.15) is 38.5 Å². The van der Waals surface area contributed by atoms with Crippen molar-refractivity contribution in [3.63, 3.8) is 0 Å². The topological polar surface area (TPSA) is 53.4 Å². The zero-order chi connectivity index (χ0) is 21.9. The van der Waals surface area contributed by atoms with Crippen LogP contribution in [0.5, 0.6) is 0 Å². The van der Waals surface area contributed by atoms with Crippen LogP contribution in [-0.4, -0.2) is 27.4 Å². The minimum absolute atomic E-state index is 0. The number of fused-ring (bicyclic) bond motifs is 4. The van der Waals surface area contributed by atoms with Crippen molar-refractivity contribution in [1.82, 2.24) is 4.98 Å². The van der Waals surface area contributed by atoms with Gasteiger partial charge in [-0.15, -0.1) is 35.9 Å². The molecule has 2 saturated carbocycles. The molecule has 2 aliphatic rings. The van der Waals surface area contributed by atoms with Gasteiger partial charge in [0.1, 0.15) is 0 Å². The average Bonchev–Trinajstić information content (AvgIpc) is 3.11. The Balaban J connectivity index is 0.000000172. The molecule has 33 heavy (non-hydrogen) atoms. The molecule has 0 spiro atoms. The third kappa shape index (κ3) is 5.20. The summed E-state index contributed by atoms with van der Waals surface area (Å²) >= 11 is 0. The van der Waals surface area contributed by atoms with Gasteiger partial charge in [-0.05, 0) is 48.1 Å². The quantitative estimate of drug-likeness (QED) is 0.199. The number of nitrogens with zero attached hydrogens (tertiary/aromatic N) is 1. The van der Waals surface area contributed by atoms with E-state index in [1.54, 1.807) is 0 Å². The van der Waals surface area contributed by atoms with E-state index in [-0.39, 0.29) is 38.2 Å². The fourth-order valence-corrected chi connectivity index (χ4v) is 5.50. The SMILES string of the molecule is OC1CCCCC2CCC(O)C12.[Ir].[c-]1ccccc1-c1ccc2ccc3ccccc3c2n1. The number of pyridine rings is 1. The van der Waals surface area contributed by atoms with E-state index in [9.17, 15) is 10.2 Å². The van der Waals surface area contributed by atoms with Crippen LogP contribution in [0.4, 0.5) is 0 Å². The Labute approximate surface area is 209 Å². The average molecular weight is 617 g/mol. The van der Waals surface area contributed by atoms with Crippen LogP contribution in [0.15, 0.2) is 72.8 Å². The summed E-state index contributed by atoms with van der Waals surface area (Å²) in [6, 6.07) is 28.0. The molecule has 1 aromatic heterocycles. The Morgan fingerprint density at radius 2 is 1.45 bits per heavy atom. The van der Waals surface area contributed by atoms with E-state index in [0.717, 1.165) is 42.5 Å². The second kappa shape index (κ2) is 10.9. The largest absolute Gasteiger partial charge is 0.393 e. The first kappa shape index (κ1) is 24.0. The number of aliphatic hydroxyl groups is 2. The number of aromatic nitrogens is 1. The van der Waals surface area contributed by atoms with Crippen molar-refractivity contribution in [2.24, 2.45) is 11.8 Å². The van der Waals surface area contributed by atoms with Crippen molar-refractivity contribution in [3.05, 3.63) is 78.9 Å². The van der Waals surface area contributed by atoms with Gasteiger partial charge in [0.05, 0.1) is 17.7 Å². The van der Waals surface area contributed by atoms with Crippen LogP contribution >= 0.6 is 0 Å². The summed E-state index contributed by atoms with van der Waals surface area (Å²) in [5, 5.41) is 23.0. The molecule has 0 saturated heterocycles. The molecule has 173 valence electrons. The van der Waals surface area contributed by atoms with Crippen molar-refractivity contribution >= 4 is 21.7 Å². The molecule has 0 aliphatic heterocycles. The third-order valence-corrected chi connectivity index (χ3v) is 7.16. The number of rotatable bonds is 1. The Kier molecular flexibility index (Phi) is 7.93. The van der Waals surface area contributed by atoms with E-state index < -0.39 is 0 Å². The first-order valence-corrected chi connectivity index (χ1v) is 11.8. The van der Waals surface area contributed by atoms with E-state index in [1.165, 1.54) is 29.0 Å². The normalized spacial score (nSPS) is 24.3. The second-order valence-corrected chi connectivity index (χ2v) is 9.17. The predicted molar refractivity (Wildman–Crippen MR) is 130 cm³/mol. The number of hydrogen-bond donors (Lipinski definition) is 2. The first-order chi connectivity index (χ1) is 15.7. The van der Waals surface area contributed by atoms with E-state index >= 15 is 0 Å². The summed E-state index contributed by atoms with van der Waals surface area (Å²) in [6.45, 7) is 0. The van der Waals surface area contributed by atoms with Crippen LogP contribution < -0.4 is 0 Å². The summed E-state index contributed by atoms with van der Waals surface area (Å²) in [6.07, 6.45) is 6.09. The molecular formula is C29H30IrNO2-. The Morgan fingerprint density at radius 3 is 2.30 bits per heavy atom. The maximum absolute atomic E-state index is 9.77. The van der Waals surface area contributed by atoms with Gasteiger partial charge in [0.15, 0.2) is 0 Å². The molecule has 4 heteroatoms. The Hall–Kier alpha value is -2.10. The van der Waals surface area contributed by atoms with Crippen LogP contribution in [0.2, 0.25) is 0 Å². The van der Waals surface area contributed by atoms with Crippen molar-refractivity contribution < 1.29 is 30.3 Å². The Morgan fingerprint density at radius 1 is 0.727 bits per heavy atom. The molecule has 6 rings (SSSR count). The maximum atomic E-state index is 9.77. The molecule has 4 aromatic rings. The zero-order valence-corrected chi connectivity index (χ0v) is 21.1. The summed E-state index contributed by atoms with van der Waals surface area (Å²) in [7, 11) is 0. The summed E-state index contributed by atoms with van der Waals surface area (Å²) in [5.74, 6) is 0.810. The third-order valence-electron chi connectivity index (χ3n) is 7.16. The van der Waals surface area contributed by atoms with Gasteiger partial charge in [-0.1, -0.05) is 61.4 Å². The zero-order valence-electron chi connectivity index (χ0n) is 18.7. The molecule has 1 heterocycles. The molecule has 2 fully saturated rings. The molecule has 2 aliphatic carbocycles. The van der Waals surface area contributed by atoms with Gasteiger partial charge in [-0.3, -0.25) is 4.98 Å². The van der Waals surface area contributed by atoms with Gasteiger partial charge in [-0.25, -0.2) is 0 Å². The monoisotopic (exact) mass is 617 g/mol. The second-order valence-electron chi connectivity index (χ2n) is 9.17. The van der Waals surface area contributed by atoms with Gasteiger partial charge in [-0.2, -0.15) is 0 Å². The van der Waals surface area contributed by atoms with Crippen LogP contribution in [0, 0.1) is 17.9 Å². The summed E-state index contributed by atoms with van der Waals surface area (Å²) in [4.78, 5) is 4.84. The van der Waals surface area contributed by atoms with Gasteiger partial charge in [0.2, 0.25) is 0 Å². The van der Waals surface area contributed by atoms with E-state index in [2.05, 4.69) is 54.6 Å². The molecule has 3 nitrogen and oxygen atoms in total. The predicted octanol–water partition coefficient (Wildman–Crippen LogP) is 6.16. The van der Waals surface area contributed by atoms with E-state index in [4.69, 9.17) is 4.98 Å². The standard InChI is InChI=1S/C19H12N.C10H18O2.Ir/c1-2-7-15(8-3-1)18-13-12-16-11-10-14-6-4-5-9-17(14)19(16)20-18;11-8-4-2-1-3-7-5-6-9(12)10(7)8;/h1-7,9-13H;7-12H,1-6H2;/q-1;;. The van der Waals surface area contributed by atoms with Gasteiger partial charge in [0.25, 0.3) is 0 Å². The summed E-state index contributed by atoms with van der Waals surface area (Å²) in [5.41, 5.74) is 3.05. The Bertz CT molecular complexity index is 1200. The molecule has 4 atom stereocenters. The van der Waals surface area contributed by atoms with Crippen LogP contribution in [0.3, 0.4) is 0 Å².